The second-order valence-corrected chi connectivity index (χ2v) is 8.78. The third-order valence-electron chi connectivity index (χ3n) is 5.94. The van der Waals surface area contributed by atoms with E-state index in [1.807, 2.05) is 37.3 Å². The molecule has 2 fully saturated rings. The lowest BCUT2D eigenvalue weighted by Crippen LogP contribution is -2.30. The smallest absolute Gasteiger partial charge is 0.342 e. The molecular weight excluding hydrogens is 404 g/mol. The number of anilines is 1. The van der Waals surface area contributed by atoms with E-state index in [1.54, 1.807) is 12.1 Å². The highest BCUT2D eigenvalue weighted by Crippen LogP contribution is 2.42. The van der Waals surface area contributed by atoms with Crippen LogP contribution in [0.4, 0.5) is 10.5 Å². The van der Waals surface area contributed by atoms with E-state index in [2.05, 4.69) is 15.7 Å². The van der Waals surface area contributed by atoms with Crippen LogP contribution in [-0.2, 0) is 11.3 Å². The minimum atomic E-state index is -0.285. The number of aryl methyl sites for hydroxylation is 1. The van der Waals surface area contributed by atoms with Crippen molar-refractivity contribution in [3.05, 3.63) is 65.4 Å². The van der Waals surface area contributed by atoms with Crippen molar-refractivity contribution in [1.82, 2.24) is 15.1 Å². The summed E-state index contributed by atoms with van der Waals surface area (Å²) in [7, 11) is 0. The number of phenolic OH excluding ortho intramolecular Hbond substituents is 1. The first-order valence-corrected chi connectivity index (χ1v) is 11.1. The number of benzene rings is 2. The largest absolute Gasteiger partial charge is 0.507 e. The molecule has 164 valence electrons. The Morgan fingerprint density at radius 3 is 2.59 bits per heavy atom. The maximum absolute atomic E-state index is 12.9. The zero-order valence-corrected chi connectivity index (χ0v) is 18.0. The molecule has 2 aliphatic rings. The molecule has 0 bridgehead atoms. The molecule has 2 aromatic carbocycles. The van der Waals surface area contributed by atoms with Crippen molar-refractivity contribution in [1.29, 1.82) is 0 Å². The number of hydrogen-bond acceptors (Lipinski definition) is 4. The molecule has 0 atom stereocenters. The summed E-state index contributed by atoms with van der Waals surface area (Å²) in [5.41, 5.74) is 4.65. The summed E-state index contributed by atoms with van der Waals surface area (Å²) < 4.78 is 1.42. The van der Waals surface area contributed by atoms with Gasteiger partial charge in [-0.15, -0.1) is 0 Å². The molecule has 0 unspecified atom stereocenters. The van der Waals surface area contributed by atoms with Gasteiger partial charge in [-0.1, -0.05) is 29.8 Å². The number of nitrogens with zero attached hydrogens (tertiary/aromatic N) is 2. The van der Waals surface area contributed by atoms with Crippen molar-refractivity contribution >= 4 is 17.6 Å². The fourth-order valence-electron chi connectivity index (χ4n) is 3.85. The Labute approximate surface area is 186 Å². The summed E-state index contributed by atoms with van der Waals surface area (Å²) in [6.07, 6.45) is 3.88. The van der Waals surface area contributed by atoms with Crippen LogP contribution in [-0.4, -0.2) is 26.8 Å². The van der Waals surface area contributed by atoms with E-state index in [0.717, 1.165) is 42.5 Å². The number of carbonyl (C=O) groups is 2. The topological polar surface area (TPSA) is 96.3 Å². The lowest BCUT2D eigenvalue weighted by atomic mass is 10.1. The first-order chi connectivity index (χ1) is 15.5. The minimum absolute atomic E-state index is 0.0114. The third-order valence-corrected chi connectivity index (χ3v) is 5.94. The van der Waals surface area contributed by atoms with Gasteiger partial charge < -0.3 is 15.7 Å². The summed E-state index contributed by atoms with van der Waals surface area (Å²) in [6, 6.07) is 14.6. The number of nitrogens with one attached hydrogen (secondary N) is 2. The van der Waals surface area contributed by atoms with E-state index in [-0.39, 0.29) is 23.6 Å². The Morgan fingerprint density at radius 1 is 1.09 bits per heavy atom. The average Bonchev–Trinajstić information content (AvgIpc) is 3.69. The van der Waals surface area contributed by atoms with Crippen molar-refractivity contribution in [3.63, 3.8) is 0 Å². The molecule has 7 heteroatoms. The Bertz CT molecular complexity index is 1190. The molecular formula is C25H26N4O3. The summed E-state index contributed by atoms with van der Waals surface area (Å²) in [5, 5.41) is 20.9. The Morgan fingerprint density at radius 2 is 1.91 bits per heavy atom. The number of amides is 2. The van der Waals surface area contributed by atoms with Crippen LogP contribution in [0.2, 0.25) is 0 Å². The molecule has 3 N–H and O–H groups in total. The van der Waals surface area contributed by atoms with Crippen molar-refractivity contribution in [2.75, 3.05) is 5.32 Å². The number of aromatic nitrogens is 2. The van der Waals surface area contributed by atoms with E-state index in [1.165, 1.54) is 10.7 Å². The van der Waals surface area contributed by atoms with Gasteiger partial charge in [0.05, 0.1) is 11.4 Å². The Hall–Kier alpha value is -3.61. The van der Waals surface area contributed by atoms with Gasteiger partial charge in [-0.25, -0.2) is 4.79 Å². The van der Waals surface area contributed by atoms with E-state index >= 15 is 0 Å². The lowest BCUT2D eigenvalue weighted by Gasteiger charge is -2.09. The fraction of sp³-hybridized carbons (Fsp3) is 0.320. The molecule has 2 aliphatic carbocycles. The molecule has 0 spiro atoms. The number of hydrogen-bond donors (Lipinski definition) is 3. The first kappa shape index (κ1) is 20.3. The van der Waals surface area contributed by atoms with Gasteiger partial charge in [0, 0.05) is 35.7 Å². The van der Waals surface area contributed by atoms with Crippen molar-refractivity contribution in [2.24, 2.45) is 5.92 Å². The minimum Gasteiger partial charge on any atom is -0.507 e. The van der Waals surface area contributed by atoms with Gasteiger partial charge in [0.1, 0.15) is 5.75 Å². The SMILES string of the molecule is Cc1cccc(CNC(=O)n2nc(-c3ccc(NC(=O)C4CC4)cc3O)cc2C2CC2)c1. The zero-order chi connectivity index (χ0) is 22.2. The van der Waals surface area contributed by atoms with Gasteiger partial charge in [-0.3, -0.25) is 4.79 Å². The second kappa shape index (κ2) is 8.15. The quantitative estimate of drug-likeness (QED) is 0.535. The molecule has 0 saturated heterocycles. The maximum Gasteiger partial charge on any atom is 0.342 e. The zero-order valence-electron chi connectivity index (χ0n) is 18.0. The Kier molecular flexibility index (Phi) is 5.17. The van der Waals surface area contributed by atoms with Gasteiger partial charge in [0.25, 0.3) is 0 Å². The molecule has 32 heavy (non-hydrogen) atoms. The van der Waals surface area contributed by atoms with Crippen LogP contribution in [0.3, 0.4) is 0 Å². The van der Waals surface area contributed by atoms with Gasteiger partial charge in [-0.05, 0) is 56.4 Å². The van der Waals surface area contributed by atoms with Crippen LogP contribution < -0.4 is 10.6 Å². The number of aromatic hydroxyl groups is 1. The summed E-state index contributed by atoms with van der Waals surface area (Å²) in [4.78, 5) is 24.9. The normalized spacial score (nSPS) is 15.4. The maximum atomic E-state index is 12.9. The first-order valence-electron chi connectivity index (χ1n) is 11.1. The highest BCUT2D eigenvalue weighted by Gasteiger charge is 2.31. The van der Waals surface area contributed by atoms with Gasteiger partial charge in [0.2, 0.25) is 5.91 Å². The summed E-state index contributed by atoms with van der Waals surface area (Å²) in [6.45, 7) is 2.44. The number of rotatable bonds is 6. The molecule has 0 radical (unpaired) electrons. The summed E-state index contributed by atoms with van der Waals surface area (Å²) >= 11 is 0. The summed E-state index contributed by atoms with van der Waals surface area (Å²) in [5.74, 6) is 0.403. The standard InChI is InChI=1S/C25H26N4O3/c1-15-3-2-4-16(11-15)14-26-25(32)29-22(17-5-6-17)13-21(28-29)20-10-9-19(12-23(20)30)27-24(31)18-7-8-18/h2-4,9-13,17-18,30H,5-8,14H2,1H3,(H,26,32)(H,27,31). The van der Waals surface area contributed by atoms with Crippen LogP contribution in [0.1, 0.15) is 48.4 Å². The van der Waals surface area contributed by atoms with Crippen molar-refractivity contribution in [2.45, 2.75) is 45.1 Å². The highest BCUT2D eigenvalue weighted by atomic mass is 16.3. The molecule has 2 saturated carbocycles. The molecule has 1 aromatic heterocycles. The van der Waals surface area contributed by atoms with Crippen molar-refractivity contribution < 1.29 is 14.7 Å². The number of phenols is 1. The molecule has 2 amide bonds. The van der Waals surface area contributed by atoms with E-state index in [0.29, 0.717) is 29.4 Å². The van der Waals surface area contributed by atoms with E-state index in [4.69, 9.17) is 0 Å². The van der Waals surface area contributed by atoms with Gasteiger partial charge in [-0.2, -0.15) is 9.78 Å². The van der Waals surface area contributed by atoms with E-state index < -0.39 is 0 Å². The van der Waals surface area contributed by atoms with E-state index in [9.17, 15) is 14.7 Å². The lowest BCUT2D eigenvalue weighted by molar-refractivity contribution is -0.117. The molecule has 0 aliphatic heterocycles. The monoisotopic (exact) mass is 430 g/mol. The molecule has 3 aromatic rings. The molecule has 7 nitrogen and oxygen atoms in total. The van der Waals surface area contributed by atoms with Crippen LogP contribution in [0.25, 0.3) is 11.3 Å². The van der Waals surface area contributed by atoms with Crippen LogP contribution >= 0.6 is 0 Å². The van der Waals surface area contributed by atoms with Crippen molar-refractivity contribution in [3.8, 4) is 17.0 Å². The average molecular weight is 431 g/mol. The molecule has 5 rings (SSSR count). The number of carbonyl (C=O) groups excluding carboxylic acids is 2. The second-order valence-electron chi connectivity index (χ2n) is 8.78. The predicted octanol–water partition coefficient (Wildman–Crippen LogP) is 4.55. The van der Waals surface area contributed by atoms with Crippen LogP contribution in [0.5, 0.6) is 5.75 Å². The fourth-order valence-corrected chi connectivity index (χ4v) is 3.85. The highest BCUT2D eigenvalue weighted by molar-refractivity contribution is 5.94. The van der Waals surface area contributed by atoms with Gasteiger partial charge in [0.15, 0.2) is 0 Å². The van der Waals surface area contributed by atoms with Crippen LogP contribution in [0.15, 0.2) is 48.5 Å². The Balaban J connectivity index is 1.35. The predicted molar refractivity (Wildman–Crippen MR) is 121 cm³/mol. The molecule has 1 heterocycles. The van der Waals surface area contributed by atoms with Gasteiger partial charge >= 0.3 is 6.03 Å². The third kappa shape index (κ3) is 4.37. The van der Waals surface area contributed by atoms with Crippen LogP contribution in [0, 0.1) is 12.8 Å².